The van der Waals surface area contributed by atoms with Crippen LogP contribution in [0.5, 0.6) is 0 Å². The molecule has 1 aromatic carbocycles. The second kappa shape index (κ2) is 10.3. The van der Waals surface area contributed by atoms with Crippen LogP contribution in [0.3, 0.4) is 0 Å². The van der Waals surface area contributed by atoms with Crippen LogP contribution in [0.1, 0.15) is 15.5 Å². The Hall–Kier alpha value is -2.07. The Morgan fingerprint density at radius 1 is 1.10 bits per heavy atom. The van der Waals surface area contributed by atoms with Gasteiger partial charge in [-0.15, -0.1) is 11.3 Å². The molecule has 0 aliphatic carbocycles. The zero-order chi connectivity index (χ0) is 20.8. The van der Waals surface area contributed by atoms with Crippen LogP contribution in [0.2, 0.25) is 0 Å². The van der Waals surface area contributed by atoms with E-state index in [0.29, 0.717) is 17.9 Å². The van der Waals surface area contributed by atoms with E-state index in [0.717, 1.165) is 70.6 Å². The van der Waals surface area contributed by atoms with Gasteiger partial charge in [-0.05, 0) is 12.1 Å². The molecule has 4 rings (SSSR count). The fourth-order valence-corrected chi connectivity index (χ4v) is 4.59. The third-order valence-corrected chi connectivity index (χ3v) is 6.36. The summed E-state index contributed by atoms with van der Waals surface area (Å²) in [5.74, 6) is -0.287. The van der Waals surface area contributed by atoms with Crippen molar-refractivity contribution in [1.82, 2.24) is 20.1 Å². The highest BCUT2D eigenvalue weighted by molar-refractivity contribution is 7.09. The van der Waals surface area contributed by atoms with Gasteiger partial charge in [0.05, 0.1) is 25.4 Å². The van der Waals surface area contributed by atoms with Crippen molar-refractivity contribution < 1.29 is 13.9 Å². The van der Waals surface area contributed by atoms with Crippen molar-refractivity contribution in [2.24, 2.45) is 0 Å². The molecule has 2 fully saturated rings. The molecule has 2 saturated heterocycles. The minimum Gasteiger partial charge on any atom is -0.379 e. The van der Waals surface area contributed by atoms with Crippen molar-refractivity contribution in [2.45, 2.75) is 6.54 Å². The number of piperazine rings is 1. The summed E-state index contributed by atoms with van der Waals surface area (Å²) < 4.78 is 19.3. The van der Waals surface area contributed by atoms with E-state index in [4.69, 9.17) is 4.74 Å². The Balaban J connectivity index is 1.21. The molecule has 3 heterocycles. The maximum absolute atomic E-state index is 14.0. The van der Waals surface area contributed by atoms with E-state index < -0.39 is 0 Å². The molecule has 0 radical (unpaired) electrons. The number of morpholine rings is 1. The van der Waals surface area contributed by atoms with Crippen LogP contribution in [0.4, 0.5) is 10.1 Å². The number of amides is 1. The van der Waals surface area contributed by atoms with Gasteiger partial charge in [0, 0.05) is 57.7 Å². The maximum atomic E-state index is 14.0. The molecule has 2 aliphatic heterocycles. The number of carbonyl (C=O) groups is 1. The van der Waals surface area contributed by atoms with Crippen molar-refractivity contribution in [1.29, 1.82) is 0 Å². The highest BCUT2D eigenvalue weighted by atomic mass is 32.1. The van der Waals surface area contributed by atoms with Crippen LogP contribution in [-0.2, 0) is 11.3 Å². The van der Waals surface area contributed by atoms with E-state index in [-0.39, 0.29) is 11.7 Å². The number of nitrogens with one attached hydrogen (secondary N) is 1. The first-order valence-electron chi connectivity index (χ1n) is 10.4. The van der Waals surface area contributed by atoms with Crippen LogP contribution in [0.25, 0.3) is 0 Å². The monoisotopic (exact) mass is 433 g/mol. The van der Waals surface area contributed by atoms with Gasteiger partial charge in [-0.2, -0.15) is 0 Å². The van der Waals surface area contributed by atoms with Gasteiger partial charge >= 0.3 is 0 Å². The van der Waals surface area contributed by atoms with Gasteiger partial charge in [-0.1, -0.05) is 12.1 Å². The number of nitrogens with zero attached hydrogens (tertiary/aromatic N) is 4. The van der Waals surface area contributed by atoms with Crippen molar-refractivity contribution in [3.8, 4) is 0 Å². The Labute approximate surface area is 180 Å². The highest BCUT2D eigenvalue weighted by Gasteiger charge is 2.21. The van der Waals surface area contributed by atoms with Crippen LogP contribution >= 0.6 is 11.3 Å². The summed E-state index contributed by atoms with van der Waals surface area (Å²) in [6.45, 7) is 8.77. The predicted molar refractivity (Wildman–Crippen MR) is 116 cm³/mol. The van der Waals surface area contributed by atoms with Gasteiger partial charge in [0.2, 0.25) is 0 Å². The number of aromatic nitrogens is 1. The molecular weight excluding hydrogens is 405 g/mol. The van der Waals surface area contributed by atoms with Crippen molar-refractivity contribution in [3.63, 3.8) is 0 Å². The summed E-state index contributed by atoms with van der Waals surface area (Å²) in [6, 6.07) is 6.92. The number of rotatable bonds is 7. The zero-order valence-corrected chi connectivity index (χ0v) is 17.9. The van der Waals surface area contributed by atoms with Gasteiger partial charge in [0.1, 0.15) is 16.5 Å². The first-order valence-corrected chi connectivity index (χ1v) is 11.3. The average molecular weight is 434 g/mol. The summed E-state index contributed by atoms with van der Waals surface area (Å²) in [4.78, 5) is 23.6. The summed E-state index contributed by atoms with van der Waals surface area (Å²) in [5, 5.41) is 5.73. The smallest absolute Gasteiger partial charge is 0.270 e. The molecule has 30 heavy (non-hydrogen) atoms. The molecular formula is C21H28FN5O2S. The SMILES string of the molecule is O=C(NCCN1CCOCC1)c1csc(CN2CCN(c3ccccc3F)CC2)n1. The number of carbonyl (C=O) groups excluding carboxylic acids is 1. The van der Waals surface area contributed by atoms with E-state index in [9.17, 15) is 9.18 Å². The van der Waals surface area contributed by atoms with E-state index in [2.05, 4.69) is 25.0 Å². The quantitative estimate of drug-likeness (QED) is 0.717. The lowest BCUT2D eigenvalue weighted by molar-refractivity contribution is 0.0383. The Morgan fingerprint density at radius 3 is 2.63 bits per heavy atom. The van der Waals surface area contributed by atoms with Gasteiger partial charge in [0.15, 0.2) is 0 Å². The van der Waals surface area contributed by atoms with Crippen LogP contribution in [0, 0.1) is 5.82 Å². The molecule has 2 aromatic rings. The molecule has 1 N–H and O–H groups in total. The minimum absolute atomic E-state index is 0.116. The highest BCUT2D eigenvalue weighted by Crippen LogP contribution is 2.21. The summed E-state index contributed by atoms with van der Waals surface area (Å²) in [5.41, 5.74) is 1.16. The largest absolute Gasteiger partial charge is 0.379 e. The molecule has 2 aliphatic rings. The molecule has 162 valence electrons. The number of ether oxygens (including phenoxy) is 1. The lowest BCUT2D eigenvalue weighted by Crippen LogP contribution is -2.46. The molecule has 0 unspecified atom stereocenters. The van der Waals surface area contributed by atoms with E-state index >= 15 is 0 Å². The van der Waals surface area contributed by atoms with Crippen molar-refractivity contribution in [2.75, 3.05) is 70.5 Å². The second-order valence-corrected chi connectivity index (χ2v) is 8.49. The Bertz CT molecular complexity index is 834. The number of hydrogen-bond donors (Lipinski definition) is 1. The second-order valence-electron chi connectivity index (χ2n) is 7.55. The third kappa shape index (κ3) is 5.54. The molecule has 0 saturated carbocycles. The topological polar surface area (TPSA) is 60.9 Å². The van der Waals surface area contributed by atoms with Crippen molar-refractivity contribution in [3.05, 3.63) is 46.2 Å². The van der Waals surface area contributed by atoms with E-state index in [1.807, 2.05) is 17.5 Å². The van der Waals surface area contributed by atoms with Gasteiger partial charge in [-0.25, -0.2) is 9.37 Å². The average Bonchev–Trinajstić information content (AvgIpc) is 3.24. The normalized spacial score (nSPS) is 18.5. The Morgan fingerprint density at radius 2 is 1.87 bits per heavy atom. The fraction of sp³-hybridized carbons (Fsp3) is 0.524. The van der Waals surface area contributed by atoms with Crippen molar-refractivity contribution >= 4 is 22.9 Å². The van der Waals surface area contributed by atoms with Gasteiger partial charge < -0.3 is 15.0 Å². The first kappa shape index (κ1) is 21.2. The molecule has 9 heteroatoms. The standard InChI is InChI=1S/C21H28FN5O2S/c22-17-3-1-2-4-19(17)27-9-7-26(8-10-27)15-20-24-18(16-30-20)21(28)23-5-6-25-11-13-29-14-12-25/h1-4,16H,5-15H2,(H,23,28). The first-order chi connectivity index (χ1) is 14.7. The van der Waals surface area contributed by atoms with Crippen LogP contribution in [-0.4, -0.2) is 86.3 Å². The fourth-order valence-electron chi connectivity index (χ4n) is 3.78. The lowest BCUT2D eigenvalue weighted by atomic mass is 10.2. The van der Waals surface area contributed by atoms with Gasteiger partial charge in [-0.3, -0.25) is 14.6 Å². The van der Waals surface area contributed by atoms with E-state index in [1.165, 1.54) is 17.4 Å². The van der Waals surface area contributed by atoms with Gasteiger partial charge in [0.25, 0.3) is 5.91 Å². The summed E-state index contributed by atoms with van der Waals surface area (Å²) >= 11 is 1.52. The number of para-hydroxylation sites is 1. The number of halogens is 1. The zero-order valence-electron chi connectivity index (χ0n) is 17.1. The molecule has 0 bridgehead atoms. The molecule has 0 atom stereocenters. The van der Waals surface area contributed by atoms with E-state index in [1.54, 1.807) is 6.07 Å². The predicted octanol–water partition coefficient (Wildman–Crippen LogP) is 1.67. The minimum atomic E-state index is -0.171. The molecule has 1 aromatic heterocycles. The summed E-state index contributed by atoms with van der Waals surface area (Å²) in [6.07, 6.45) is 0. The van der Waals surface area contributed by atoms with Crippen LogP contribution < -0.4 is 10.2 Å². The maximum Gasteiger partial charge on any atom is 0.270 e. The third-order valence-electron chi connectivity index (χ3n) is 5.53. The number of anilines is 1. The number of hydrogen-bond acceptors (Lipinski definition) is 7. The summed E-state index contributed by atoms with van der Waals surface area (Å²) in [7, 11) is 0. The molecule has 1 amide bonds. The molecule has 0 spiro atoms. The molecule has 7 nitrogen and oxygen atoms in total. The lowest BCUT2D eigenvalue weighted by Gasteiger charge is -2.35. The van der Waals surface area contributed by atoms with Crippen LogP contribution in [0.15, 0.2) is 29.6 Å². The number of thiazole rings is 1. The number of benzene rings is 1. The Kier molecular flexibility index (Phi) is 7.27.